The normalized spacial score (nSPS) is 11.6. The van der Waals surface area contributed by atoms with Crippen molar-refractivity contribution in [2.75, 3.05) is 0 Å². The third-order valence-electron chi connectivity index (χ3n) is 3.92. The van der Waals surface area contributed by atoms with Gasteiger partial charge in [-0.25, -0.2) is 0 Å². The minimum absolute atomic E-state index is 0.0774. The van der Waals surface area contributed by atoms with Gasteiger partial charge in [-0.1, -0.05) is 32.0 Å². The molecule has 0 fully saturated rings. The topological polar surface area (TPSA) is 60.7 Å². The van der Waals surface area contributed by atoms with Crippen LogP contribution in [0.25, 0.3) is 0 Å². The number of hydrogen-bond acceptors (Lipinski definition) is 3. The largest absolute Gasteiger partial charge is 0.508 e. The summed E-state index contributed by atoms with van der Waals surface area (Å²) in [7, 11) is 0. The molecule has 20 heavy (non-hydrogen) atoms. The van der Waals surface area contributed by atoms with Crippen molar-refractivity contribution >= 4 is 0 Å². The molecule has 3 heteroatoms. The van der Waals surface area contributed by atoms with Crippen molar-refractivity contribution in [3.63, 3.8) is 0 Å². The van der Waals surface area contributed by atoms with Crippen LogP contribution < -0.4 is 0 Å². The lowest BCUT2D eigenvalue weighted by atomic mass is 9.77. The van der Waals surface area contributed by atoms with Crippen molar-refractivity contribution in [1.29, 1.82) is 0 Å². The highest BCUT2D eigenvalue weighted by atomic mass is 16.3. The van der Waals surface area contributed by atoms with Gasteiger partial charge in [0.05, 0.1) is 0 Å². The van der Waals surface area contributed by atoms with Crippen LogP contribution in [-0.2, 0) is 5.41 Å². The fourth-order valence-electron chi connectivity index (χ4n) is 2.33. The van der Waals surface area contributed by atoms with E-state index in [4.69, 9.17) is 0 Å². The fraction of sp³-hybridized carbons (Fsp3) is 0.294. The number of aromatic hydroxyl groups is 3. The van der Waals surface area contributed by atoms with Crippen molar-refractivity contribution in [3.05, 3.63) is 52.6 Å². The molecule has 0 bridgehead atoms. The first-order valence-corrected chi connectivity index (χ1v) is 6.56. The second-order valence-corrected chi connectivity index (χ2v) is 5.79. The van der Waals surface area contributed by atoms with Gasteiger partial charge in [0.25, 0.3) is 0 Å². The van der Waals surface area contributed by atoms with Gasteiger partial charge in [0, 0.05) is 5.41 Å². The summed E-state index contributed by atoms with van der Waals surface area (Å²) in [6, 6.07) is 8.96. The summed E-state index contributed by atoms with van der Waals surface area (Å²) in [6.07, 6.45) is 0. The molecule has 3 nitrogen and oxygen atoms in total. The Bertz CT molecular complexity index is 634. The molecule has 0 saturated heterocycles. The smallest absolute Gasteiger partial charge is 0.160 e. The Morgan fingerprint density at radius 1 is 0.750 bits per heavy atom. The number of benzene rings is 2. The molecule has 0 unspecified atom stereocenters. The van der Waals surface area contributed by atoms with Gasteiger partial charge >= 0.3 is 0 Å². The maximum Gasteiger partial charge on any atom is 0.160 e. The molecule has 2 rings (SSSR count). The monoisotopic (exact) mass is 272 g/mol. The summed E-state index contributed by atoms with van der Waals surface area (Å²) in [5.74, 6) is 0.0873. The predicted octanol–water partition coefficient (Wildman–Crippen LogP) is 3.75. The minimum Gasteiger partial charge on any atom is -0.508 e. The van der Waals surface area contributed by atoms with Gasteiger partial charge in [-0.05, 0) is 48.2 Å². The Hall–Kier alpha value is -2.16. The molecule has 0 spiro atoms. The van der Waals surface area contributed by atoms with Gasteiger partial charge in [0.2, 0.25) is 0 Å². The molecule has 0 aliphatic heterocycles. The highest BCUT2D eigenvalue weighted by molar-refractivity contribution is 5.52. The number of rotatable bonds is 2. The van der Waals surface area contributed by atoms with E-state index in [1.54, 1.807) is 19.1 Å². The standard InChI is InChI=1S/C17H20O3/c1-10-7-12(5-6-14(10)18)17(3,4)13-8-11(2)16(20)15(19)9-13/h5-9,18-20H,1-4H3. The van der Waals surface area contributed by atoms with Crippen molar-refractivity contribution in [2.24, 2.45) is 0 Å². The molecule has 0 radical (unpaired) electrons. The van der Waals surface area contributed by atoms with Crippen molar-refractivity contribution < 1.29 is 15.3 Å². The Balaban J connectivity index is 2.56. The zero-order valence-electron chi connectivity index (χ0n) is 12.2. The number of phenols is 3. The molecule has 3 N–H and O–H groups in total. The summed E-state index contributed by atoms with van der Waals surface area (Å²) in [4.78, 5) is 0. The molecule has 106 valence electrons. The Morgan fingerprint density at radius 2 is 1.35 bits per heavy atom. The molecule has 0 aliphatic rings. The summed E-state index contributed by atoms with van der Waals surface area (Å²) in [5, 5.41) is 29.1. The zero-order chi connectivity index (χ0) is 15.1. The second-order valence-electron chi connectivity index (χ2n) is 5.79. The summed E-state index contributed by atoms with van der Waals surface area (Å²) in [5.41, 5.74) is 3.07. The van der Waals surface area contributed by atoms with Gasteiger partial charge < -0.3 is 15.3 Å². The minimum atomic E-state index is -0.339. The van der Waals surface area contributed by atoms with E-state index in [1.807, 2.05) is 39.0 Å². The Labute approximate surface area is 119 Å². The van der Waals surface area contributed by atoms with Crippen LogP contribution in [0.2, 0.25) is 0 Å². The van der Waals surface area contributed by atoms with E-state index in [9.17, 15) is 15.3 Å². The number of phenolic OH excluding ortho intramolecular Hbond substituents is 3. The molecule has 0 amide bonds. The molecule has 0 aromatic heterocycles. The second kappa shape index (κ2) is 4.75. The molecular weight excluding hydrogens is 252 g/mol. The molecule has 2 aromatic rings. The van der Waals surface area contributed by atoms with Gasteiger partial charge in [0.1, 0.15) is 5.75 Å². The maximum absolute atomic E-state index is 9.80. The van der Waals surface area contributed by atoms with E-state index in [0.717, 1.165) is 16.7 Å². The van der Waals surface area contributed by atoms with Crippen LogP contribution in [0.4, 0.5) is 0 Å². The van der Waals surface area contributed by atoms with E-state index in [0.29, 0.717) is 5.56 Å². The zero-order valence-corrected chi connectivity index (χ0v) is 12.2. The third-order valence-corrected chi connectivity index (χ3v) is 3.92. The SMILES string of the molecule is Cc1cc(C(C)(C)c2cc(C)c(O)c(O)c2)ccc1O. The van der Waals surface area contributed by atoms with Crippen LogP contribution in [0.1, 0.15) is 36.1 Å². The lowest BCUT2D eigenvalue weighted by molar-refractivity contribution is 0.399. The molecule has 0 heterocycles. The molecule has 2 aromatic carbocycles. The summed E-state index contributed by atoms with van der Waals surface area (Å²) in [6.45, 7) is 7.71. The van der Waals surface area contributed by atoms with E-state index >= 15 is 0 Å². The van der Waals surface area contributed by atoms with Gasteiger partial charge in [-0.15, -0.1) is 0 Å². The van der Waals surface area contributed by atoms with Crippen molar-refractivity contribution in [3.8, 4) is 17.2 Å². The average molecular weight is 272 g/mol. The van der Waals surface area contributed by atoms with Gasteiger partial charge in [0.15, 0.2) is 11.5 Å². The molecular formula is C17H20O3. The van der Waals surface area contributed by atoms with E-state index < -0.39 is 0 Å². The summed E-state index contributed by atoms with van der Waals surface area (Å²) >= 11 is 0. The Morgan fingerprint density at radius 3 is 1.90 bits per heavy atom. The lowest BCUT2D eigenvalue weighted by Crippen LogP contribution is -2.19. The van der Waals surface area contributed by atoms with Crippen LogP contribution in [0, 0.1) is 13.8 Å². The summed E-state index contributed by atoms with van der Waals surface area (Å²) < 4.78 is 0. The Kier molecular flexibility index (Phi) is 3.38. The van der Waals surface area contributed by atoms with Crippen molar-refractivity contribution in [1.82, 2.24) is 0 Å². The first kappa shape index (κ1) is 14.3. The predicted molar refractivity (Wildman–Crippen MR) is 79.5 cm³/mol. The van der Waals surface area contributed by atoms with Gasteiger partial charge in [-0.2, -0.15) is 0 Å². The van der Waals surface area contributed by atoms with Crippen molar-refractivity contribution in [2.45, 2.75) is 33.1 Å². The van der Waals surface area contributed by atoms with Crippen LogP contribution in [0.3, 0.4) is 0 Å². The van der Waals surface area contributed by atoms with Gasteiger partial charge in [-0.3, -0.25) is 0 Å². The van der Waals surface area contributed by atoms with Crippen LogP contribution in [0.5, 0.6) is 17.2 Å². The number of hydrogen-bond donors (Lipinski definition) is 3. The quantitative estimate of drug-likeness (QED) is 0.730. The highest BCUT2D eigenvalue weighted by Gasteiger charge is 2.25. The van der Waals surface area contributed by atoms with E-state index in [1.165, 1.54) is 0 Å². The molecule has 0 aliphatic carbocycles. The average Bonchev–Trinajstić information content (AvgIpc) is 2.38. The first-order valence-electron chi connectivity index (χ1n) is 6.56. The van der Waals surface area contributed by atoms with Crippen LogP contribution >= 0.6 is 0 Å². The van der Waals surface area contributed by atoms with Crippen LogP contribution in [0.15, 0.2) is 30.3 Å². The fourth-order valence-corrected chi connectivity index (χ4v) is 2.33. The van der Waals surface area contributed by atoms with E-state index in [-0.39, 0.29) is 22.7 Å². The molecule has 0 saturated carbocycles. The lowest BCUT2D eigenvalue weighted by Gasteiger charge is -2.27. The number of aryl methyl sites for hydroxylation is 2. The highest BCUT2D eigenvalue weighted by Crippen LogP contribution is 2.39. The molecule has 0 atom stereocenters. The van der Waals surface area contributed by atoms with E-state index in [2.05, 4.69) is 0 Å². The van der Waals surface area contributed by atoms with Crippen LogP contribution in [-0.4, -0.2) is 15.3 Å². The maximum atomic E-state index is 9.80. The third kappa shape index (κ3) is 2.31. The first-order chi connectivity index (χ1) is 9.23.